The number of hydrogen-bond donors (Lipinski definition) is 0. The first-order valence-electron chi connectivity index (χ1n) is 0.748. The van der Waals surface area contributed by atoms with E-state index in [1.54, 1.807) is 0 Å². The summed E-state index contributed by atoms with van der Waals surface area (Å²) in [7, 11) is 0. The molecule has 22 valence electrons. The van der Waals surface area contributed by atoms with Crippen LogP contribution in [0.25, 0.3) is 0 Å². The van der Waals surface area contributed by atoms with Gasteiger partial charge >= 0.3 is 29.6 Å². The van der Waals surface area contributed by atoms with Gasteiger partial charge in [0.25, 0.3) is 0 Å². The first kappa shape index (κ1) is 8.94. The molecule has 0 amide bonds. The molecule has 0 bridgehead atoms. The molecule has 3 heteroatoms. The van der Waals surface area contributed by atoms with E-state index in [2.05, 4.69) is 0 Å². The molecule has 0 fully saturated rings. The molecule has 2 nitrogen and oxygen atoms in total. The van der Waals surface area contributed by atoms with Crippen molar-refractivity contribution in [1.29, 1.82) is 5.26 Å². The van der Waals surface area contributed by atoms with Gasteiger partial charge in [-0.25, -0.2) is 0 Å². The van der Waals surface area contributed by atoms with Gasteiger partial charge in [-0.15, -0.1) is 0 Å². The molecule has 0 radical (unpaired) electrons. The molecule has 0 N–H and O–H groups in total. The van der Waals surface area contributed by atoms with Gasteiger partial charge in [0.05, 0.1) is 0 Å². The molecule has 0 heterocycles. The fourth-order valence-electron chi connectivity index (χ4n) is 0. The van der Waals surface area contributed by atoms with Crippen LogP contribution in [0, 0.1) is 11.3 Å². The zero-order chi connectivity index (χ0) is 3.41. The summed E-state index contributed by atoms with van der Waals surface area (Å²) < 4.78 is 0. The van der Waals surface area contributed by atoms with Crippen molar-refractivity contribution in [1.82, 2.24) is 0 Å². The Hall–Kier alpha value is 0.160. The van der Waals surface area contributed by atoms with Gasteiger partial charge in [0.1, 0.15) is 6.07 Å². The maximum atomic E-state index is 8.81. The number of hydrogen-bond acceptors (Lipinski definition) is 2. The summed E-state index contributed by atoms with van der Waals surface area (Å²) in [5.41, 5.74) is 0. The third kappa shape index (κ3) is 14.4. The Morgan fingerprint density at radius 3 is 2.00 bits per heavy atom. The molecule has 0 rings (SSSR count). The van der Waals surface area contributed by atoms with Crippen LogP contribution in [0.4, 0.5) is 0 Å². The van der Waals surface area contributed by atoms with E-state index >= 15 is 0 Å². The second-order valence-electron chi connectivity index (χ2n) is 0.247. The van der Waals surface area contributed by atoms with Crippen LogP contribution in [0.1, 0.15) is 0 Å². The molecule has 0 aliphatic rings. The van der Waals surface area contributed by atoms with E-state index in [1.165, 1.54) is 6.07 Å². The van der Waals surface area contributed by atoms with Gasteiger partial charge in [0.2, 0.25) is 6.29 Å². The molecule has 0 aliphatic carbocycles. The predicted molar refractivity (Wildman–Crippen MR) is 18.8 cm³/mol. The number of rotatable bonds is 0. The van der Waals surface area contributed by atoms with Crippen LogP contribution in [-0.4, -0.2) is 35.8 Å². The molecule has 0 aromatic rings. The third-order valence-electron chi connectivity index (χ3n) is 0.0527. The molecule has 0 spiro atoms. The van der Waals surface area contributed by atoms with Crippen molar-refractivity contribution < 1.29 is 4.79 Å². The molecule has 0 unspecified atom stereocenters. The molecular formula is C2H2NNaO. The molecular weight excluding hydrogens is 77.0 g/mol. The normalized spacial score (nSPS) is 3.00. The Morgan fingerprint density at radius 1 is 1.80 bits per heavy atom. The van der Waals surface area contributed by atoms with Crippen molar-refractivity contribution in [3.8, 4) is 6.07 Å². The summed E-state index contributed by atoms with van der Waals surface area (Å²) in [6.07, 6.45) is 0.181. The van der Waals surface area contributed by atoms with E-state index in [1.807, 2.05) is 0 Å². The van der Waals surface area contributed by atoms with E-state index in [4.69, 9.17) is 10.1 Å². The average molecular weight is 79.0 g/mol. The van der Waals surface area contributed by atoms with Crippen molar-refractivity contribution in [2.75, 3.05) is 0 Å². The van der Waals surface area contributed by atoms with Crippen LogP contribution in [0.2, 0.25) is 0 Å². The van der Waals surface area contributed by atoms with Crippen LogP contribution >= 0.6 is 0 Å². The SMILES string of the molecule is N#CC=O.[NaH]. The zero-order valence-corrected chi connectivity index (χ0v) is 1.93. The summed E-state index contributed by atoms with van der Waals surface area (Å²) in [5.74, 6) is 0. The summed E-state index contributed by atoms with van der Waals surface area (Å²) >= 11 is 0. The van der Waals surface area contributed by atoms with Crippen molar-refractivity contribution >= 4 is 35.8 Å². The van der Waals surface area contributed by atoms with Crippen molar-refractivity contribution in [3.63, 3.8) is 0 Å². The number of nitrogens with zero attached hydrogens (tertiary/aromatic N) is 1. The first-order chi connectivity index (χ1) is 1.91. The zero-order valence-electron chi connectivity index (χ0n) is 1.93. The summed E-state index contributed by atoms with van der Waals surface area (Å²) in [6, 6.07) is 1.25. The van der Waals surface area contributed by atoms with Crippen LogP contribution in [0.3, 0.4) is 0 Å². The van der Waals surface area contributed by atoms with Crippen molar-refractivity contribution in [2.45, 2.75) is 0 Å². The summed E-state index contributed by atoms with van der Waals surface area (Å²) in [4.78, 5) is 8.81. The third-order valence-corrected chi connectivity index (χ3v) is 0.0527. The summed E-state index contributed by atoms with van der Waals surface area (Å²) in [6.45, 7) is 0. The number of carbonyl (C=O) groups excluding carboxylic acids is 1. The van der Waals surface area contributed by atoms with Crippen LogP contribution in [0.5, 0.6) is 0 Å². The Balaban J connectivity index is 0. The average Bonchev–Trinajstić information content (AvgIpc) is 1.37. The van der Waals surface area contributed by atoms with E-state index in [-0.39, 0.29) is 35.8 Å². The van der Waals surface area contributed by atoms with E-state index in [9.17, 15) is 0 Å². The van der Waals surface area contributed by atoms with Gasteiger partial charge < -0.3 is 0 Å². The molecule has 0 aromatic heterocycles. The van der Waals surface area contributed by atoms with E-state index < -0.39 is 0 Å². The van der Waals surface area contributed by atoms with Crippen molar-refractivity contribution in [3.05, 3.63) is 0 Å². The maximum absolute atomic E-state index is 8.81. The van der Waals surface area contributed by atoms with Crippen LogP contribution in [0.15, 0.2) is 0 Å². The van der Waals surface area contributed by atoms with Gasteiger partial charge in [-0.05, 0) is 0 Å². The van der Waals surface area contributed by atoms with Gasteiger partial charge in [0, 0.05) is 0 Å². The quantitative estimate of drug-likeness (QED) is 0.213. The minimum atomic E-state index is 0. The Labute approximate surface area is 52.1 Å². The molecule has 0 saturated heterocycles. The van der Waals surface area contributed by atoms with Gasteiger partial charge in [0.15, 0.2) is 0 Å². The van der Waals surface area contributed by atoms with Gasteiger partial charge in [-0.1, -0.05) is 0 Å². The van der Waals surface area contributed by atoms with Crippen molar-refractivity contribution in [2.24, 2.45) is 0 Å². The van der Waals surface area contributed by atoms with E-state index in [0.29, 0.717) is 0 Å². The van der Waals surface area contributed by atoms with Crippen LogP contribution < -0.4 is 0 Å². The Bertz CT molecular complexity index is 55.2. The standard InChI is InChI=1S/C2HNO.Na.H/c3-1-2-4;;/h2H;;. The first-order valence-corrected chi connectivity index (χ1v) is 0.748. The number of nitriles is 1. The number of carbonyl (C=O) groups is 1. The fourth-order valence-corrected chi connectivity index (χ4v) is 0. The number of aldehydes is 1. The molecule has 0 aromatic carbocycles. The second kappa shape index (κ2) is 8.90. The Kier molecular flexibility index (Phi) is 15.9. The topological polar surface area (TPSA) is 40.9 Å². The molecule has 0 aliphatic heterocycles. The predicted octanol–water partition coefficient (Wildman–Crippen LogP) is -0.940. The van der Waals surface area contributed by atoms with Crippen LogP contribution in [-0.2, 0) is 4.79 Å². The second-order valence-corrected chi connectivity index (χ2v) is 0.247. The minimum absolute atomic E-state index is 0. The fraction of sp³-hybridized carbons (Fsp3) is 0. The summed E-state index contributed by atoms with van der Waals surface area (Å²) in [5, 5.41) is 7.26. The Morgan fingerprint density at radius 2 is 2.00 bits per heavy atom. The molecule has 0 saturated carbocycles. The monoisotopic (exact) mass is 79.0 g/mol. The van der Waals surface area contributed by atoms with Gasteiger partial charge in [-0.2, -0.15) is 5.26 Å². The molecule has 0 atom stereocenters. The van der Waals surface area contributed by atoms with Gasteiger partial charge in [-0.3, -0.25) is 4.79 Å². The molecule has 5 heavy (non-hydrogen) atoms. The van der Waals surface area contributed by atoms with E-state index in [0.717, 1.165) is 0 Å².